The van der Waals surface area contributed by atoms with Gasteiger partial charge in [-0.05, 0) is 19.8 Å². The van der Waals surface area contributed by atoms with Crippen LogP contribution >= 0.6 is 0 Å². The fraction of sp³-hybridized carbons (Fsp3) is 0.800. The highest BCUT2D eigenvalue weighted by Gasteiger charge is 2.38. The Hall–Kier alpha value is -0.900. The normalized spacial score (nSPS) is 20.1. The average Bonchev–Trinajstić information content (AvgIpc) is 2.86. The summed E-state index contributed by atoms with van der Waals surface area (Å²) in [5, 5.41) is 8.23. The third-order valence-corrected chi connectivity index (χ3v) is 3.38. The second kappa shape index (κ2) is 3.69. The van der Waals surface area contributed by atoms with Crippen LogP contribution < -0.4 is 5.73 Å². The van der Waals surface area contributed by atoms with Gasteiger partial charge in [0.2, 0.25) is 0 Å². The molecule has 0 unspecified atom stereocenters. The molecule has 0 spiro atoms. The zero-order valence-corrected chi connectivity index (χ0v) is 8.74. The molecule has 0 aromatic carbocycles. The quantitative estimate of drug-likeness (QED) is 0.783. The Bertz CT molecular complexity index is 299. The van der Waals surface area contributed by atoms with Crippen LogP contribution in [0, 0.1) is 0 Å². The highest BCUT2D eigenvalue weighted by Crippen LogP contribution is 2.38. The van der Waals surface area contributed by atoms with Crippen molar-refractivity contribution < 1.29 is 0 Å². The van der Waals surface area contributed by atoms with Crippen molar-refractivity contribution >= 4 is 0 Å². The second-order valence-corrected chi connectivity index (χ2v) is 4.13. The van der Waals surface area contributed by atoms with Crippen LogP contribution in [0.3, 0.4) is 0 Å². The monoisotopic (exact) mass is 194 g/mol. The van der Waals surface area contributed by atoms with Crippen molar-refractivity contribution in [2.24, 2.45) is 5.73 Å². The predicted octanol–water partition coefficient (Wildman–Crippen LogP) is 1.07. The van der Waals surface area contributed by atoms with Gasteiger partial charge >= 0.3 is 0 Å². The lowest BCUT2D eigenvalue weighted by molar-refractivity contribution is 0.403. The van der Waals surface area contributed by atoms with Crippen LogP contribution in [-0.4, -0.2) is 21.3 Å². The van der Waals surface area contributed by atoms with Gasteiger partial charge in [-0.25, -0.2) is 0 Å². The Morgan fingerprint density at radius 1 is 1.50 bits per heavy atom. The minimum absolute atomic E-state index is 0.118. The number of hydrogen-bond donors (Lipinski definition) is 1. The smallest absolute Gasteiger partial charge is 0.140 e. The Balaban J connectivity index is 2.35. The SMILES string of the molecule is CCn1cnnc1C1(CN)CCCC1. The average molecular weight is 194 g/mol. The Morgan fingerprint density at radius 3 is 2.79 bits per heavy atom. The van der Waals surface area contributed by atoms with Crippen molar-refractivity contribution in [3.63, 3.8) is 0 Å². The van der Waals surface area contributed by atoms with Crippen molar-refractivity contribution in [3.05, 3.63) is 12.2 Å². The molecule has 2 rings (SSSR count). The van der Waals surface area contributed by atoms with Crippen LogP contribution in [0.4, 0.5) is 0 Å². The van der Waals surface area contributed by atoms with Gasteiger partial charge in [-0.15, -0.1) is 10.2 Å². The van der Waals surface area contributed by atoms with E-state index in [1.54, 1.807) is 0 Å². The topological polar surface area (TPSA) is 56.7 Å². The van der Waals surface area contributed by atoms with E-state index < -0.39 is 0 Å². The fourth-order valence-electron chi connectivity index (χ4n) is 2.47. The number of nitrogens with zero attached hydrogens (tertiary/aromatic N) is 3. The maximum absolute atomic E-state index is 5.90. The summed E-state index contributed by atoms with van der Waals surface area (Å²) in [4.78, 5) is 0. The van der Waals surface area contributed by atoms with Crippen molar-refractivity contribution in [3.8, 4) is 0 Å². The first-order valence-electron chi connectivity index (χ1n) is 5.41. The molecule has 1 aromatic heterocycles. The minimum Gasteiger partial charge on any atom is -0.329 e. The molecule has 1 heterocycles. The van der Waals surface area contributed by atoms with E-state index in [9.17, 15) is 0 Å². The molecular weight excluding hydrogens is 176 g/mol. The summed E-state index contributed by atoms with van der Waals surface area (Å²) in [5.41, 5.74) is 6.02. The number of aromatic nitrogens is 3. The molecule has 2 N–H and O–H groups in total. The van der Waals surface area contributed by atoms with E-state index >= 15 is 0 Å². The van der Waals surface area contributed by atoms with Crippen LogP contribution in [0.2, 0.25) is 0 Å². The van der Waals surface area contributed by atoms with Crippen molar-refractivity contribution in [1.82, 2.24) is 14.8 Å². The standard InChI is InChI=1S/C10H18N4/c1-2-14-8-12-13-9(14)10(7-11)5-3-4-6-10/h8H,2-7,11H2,1H3. The lowest BCUT2D eigenvalue weighted by Crippen LogP contribution is -2.35. The number of nitrogens with two attached hydrogens (primary N) is 1. The third kappa shape index (κ3) is 1.34. The third-order valence-electron chi connectivity index (χ3n) is 3.38. The first-order valence-corrected chi connectivity index (χ1v) is 5.41. The van der Waals surface area contributed by atoms with Gasteiger partial charge in [0, 0.05) is 18.5 Å². The Morgan fingerprint density at radius 2 is 2.21 bits per heavy atom. The predicted molar refractivity (Wildman–Crippen MR) is 54.9 cm³/mol. The molecule has 1 saturated carbocycles. The summed E-state index contributed by atoms with van der Waals surface area (Å²) in [7, 11) is 0. The van der Waals surface area contributed by atoms with Crippen LogP contribution in [0.15, 0.2) is 6.33 Å². The van der Waals surface area contributed by atoms with Crippen LogP contribution in [-0.2, 0) is 12.0 Å². The molecule has 0 aliphatic heterocycles. The first-order chi connectivity index (χ1) is 6.82. The highest BCUT2D eigenvalue weighted by molar-refractivity contribution is 5.11. The molecule has 0 bridgehead atoms. The maximum Gasteiger partial charge on any atom is 0.140 e. The Labute approximate surface area is 84.5 Å². The molecule has 78 valence electrons. The van der Waals surface area contributed by atoms with E-state index in [0.717, 1.165) is 12.4 Å². The van der Waals surface area contributed by atoms with Gasteiger partial charge in [0.15, 0.2) is 0 Å². The highest BCUT2D eigenvalue weighted by atomic mass is 15.3. The molecule has 1 fully saturated rings. The van der Waals surface area contributed by atoms with Gasteiger partial charge in [-0.2, -0.15) is 0 Å². The van der Waals surface area contributed by atoms with Gasteiger partial charge in [0.05, 0.1) is 0 Å². The summed E-state index contributed by atoms with van der Waals surface area (Å²) in [6, 6.07) is 0. The molecule has 1 aliphatic carbocycles. The molecule has 1 aromatic rings. The van der Waals surface area contributed by atoms with Gasteiger partial charge in [0.1, 0.15) is 12.2 Å². The van der Waals surface area contributed by atoms with E-state index in [0.29, 0.717) is 6.54 Å². The molecule has 1 aliphatic rings. The molecule has 0 saturated heterocycles. The first kappa shape index (κ1) is 9.65. The van der Waals surface area contributed by atoms with Crippen LogP contribution in [0.1, 0.15) is 38.4 Å². The summed E-state index contributed by atoms with van der Waals surface area (Å²) < 4.78 is 2.12. The molecule has 4 nitrogen and oxygen atoms in total. The largest absolute Gasteiger partial charge is 0.329 e. The van der Waals surface area contributed by atoms with Crippen molar-refractivity contribution in [2.45, 2.75) is 44.6 Å². The zero-order valence-electron chi connectivity index (χ0n) is 8.74. The summed E-state index contributed by atoms with van der Waals surface area (Å²) in [5.74, 6) is 1.10. The van der Waals surface area contributed by atoms with E-state index in [1.165, 1.54) is 25.7 Å². The molecule has 0 amide bonds. The lowest BCUT2D eigenvalue weighted by Gasteiger charge is -2.26. The van der Waals surface area contributed by atoms with E-state index in [1.807, 2.05) is 6.33 Å². The second-order valence-electron chi connectivity index (χ2n) is 4.13. The summed E-state index contributed by atoms with van der Waals surface area (Å²) in [6.07, 6.45) is 6.69. The van der Waals surface area contributed by atoms with E-state index in [-0.39, 0.29) is 5.41 Å². The maximum atomic E-state index is 5.90. The van der Waals surface area contributed by atoms with Gasteiger partial charge in [-0.3, -0.25) is 0 Å². The van der Waals surface area contributed by atoms with Crippen LogP contribution in [0.5, 0.6) is 0 Å². The summed E-state index contributed by atoms with van der Waals surface area (Å²) in [6.45, 7) is 3.75. The number of aryl methyl sites for hydroxylation is 1. The fourth-order valence-corrected chi connectivity index (χ4v) is 2.47. The van der Waals surface area contributed by atoms with E-state index in [4.69, 9.17) is 5.73 Å². The minimum atomic E-state index is 0.118. The van der Waals surface area contributed by atoms with Gasteiger partial charge in [0.25, 0.3) is 0 Å². The van der Waals surface area contributed by atoms with E-state index in [2.05, 4.69) is 21.7 Å². The zero-order chi connectivity index (χ0) is 10.0. The van der Waals surface area contributed by atoms with Gasteiger partial charge in [-0.1, -0.05) is 12.8 Å². The molecule has 14 heavy (non-hydrogen) atoms. The number of rotatable bonds is 3. The number of hydrogen-bond acceptors (Lipinski definition) is 3. The molecular formula is C10H18N4. The molecule has 0 atom stereocenters. The van der Waals surface area contributed by atoms with Crippen molar-refractivity contribution in [2.75, 3.05) is 6.54 Å². The lowest BCUT2D eigenvalue weighted by atomic mass is 9.85. The summed E-state index contributed by atoms with van der Waals surface area (Å²) >= 11 is 0. The van der Waals surface area contributed by atoms with Gasteiger partial charge < -0.3 is 10.3 Å². The van der Waals surface area contributed by atoms with Crippen molar-refractivity contribution in [1.29, 1.82) is 0 Å². The molecule has 4 heteroatoms. The molecule has 0 radical (unpaired) electrons. The Kier molecular flexibility index (Phi) is 2.54. The van der Waals surface area contributed by atoms with Crippen LogP contribution in [0.25, 0.3) is 0 Å².